The topological polar surface area (TPSA) is 114 Å². The molecule has 0 saturated carbocycles. The van der Waals surface area contributed by atoms with E-state index in [1.54, 1.807) is 6.92 Å². The quantitative estimate of drug-likeness (QED) is 0.524. The molecule has 32 heavy (non-hydrogen) atoms. The molecule has 0 heterocycles. The molecule has 1 aliphatic rings. The molecule has 2 amide bonds. The zero-order valence-corrected chi connectivity index (χ0v) is 18.2. The van der Waals surface area contributed by atoms with Gasteiger partial charge in [0.1, 0.15) is 6.61 Å². The number of amides is 2. The molecule has 0 saturated heterocycles. The van der Waals surface area contributed by atoms with Gasteiger partial charge in [0.25, 0.3) is 0 Å². The van der Waals surface area contributed by atoms with Crippen LogP contribution >= 0.6 is 0 Å². The molecule has 2 aromatic carbocycles. The largest absolute Gasteiger partial charge is 0.481 e. The Morgan fingerprint density at radius 1 is 1.00 bits per heavy atom. The number of ether oxygens (including phenoxy) is 2. The van der Waals surface area contributed by atoms with E-state index in [1.165, 1.54) is 7.11 Å². The van der Waals surface area contributed by atoms with Crippen LogP contribution in [0.5, 0.6) is 0 Å². The van der Waals surface area contributed by atoms with Crippen molar-refractivity contribution < 1.29 is 29.0 Å². The van der Waals surface area contributed by atoms with Crippen molar-refractivity contribution in [3.05, 3.63) is 59.7 Å². The summed E-state index contributed by atoms with van der Waals surface area (Å²) in [4.78, 5) is 35.0. The Kier molecular flexibility index (Phi) is 7.83. The van der Waals surface area contributed by atoms with Gasteiger partial charge >= 0.3 is 12.1 Å². The Bertz CT molecular complexity index is 931. The highest BCUT2D eigenvalue weighted by molar-refractivity contribution is 5.79. The lowest BCUT2D eigenvalue weighted by Gasteiger charge is -2.18. The smallest absolute Gasteiger partial charge is 0.407 e. The Morgan fingerprint density at radius 3 is 2.16 bits per heavy atom. The summed E-state index contributed by atoms with van der Waals surface area (Å²) in [7, 11) is 1.44. The first kappa shape index (κ1) is 23.3. The third kappa shape index (κ3) is 5.85. The summed E-state index contributed by atoms with van der Waals surface area (Å²) in [6, 6.07) is 15.7. The van der Waals surface area contributed by atoms with E-state index in [9.17, 15) is 14.4 Å². The van der Waals surface area contributed by atoms with Crippen molar-refractivity contribution in [1.82, 2.24) is 10.6 Å². The maximum Gasteiger partial charge on any atom is 0.407 e. The first-order valence-corrected chi connectivity index (χ1v) is 10.5. The molecule has 8 heteroatoms. The molecule has 0 aliphatic heterocycles. The maximum atomic E-state index is 12.3. The molecule has 3 N–H and O–H groups in total. The number of fused-ring (bicyclic) bond motifs is 3. The fourth-order valence-electron chi connectivity index (χ4n) is 3.94. The summed E-state index contributed by atoms with van der Waals surface area (Å²) < 4.78 is 10.7. The molecule has 0 radical (unpaired) electrons. The van der Waals surface area contributed by atoms with Crippen molar-refractivity contribution in [3.8, 4) is 11.1 Å². The van der Waals surface area contributed by atoms with E-state index in [2.05, 4.69) is 22.8 Å². The summed E-state index contributed by atoms with van der Waals surface area (Å²) in [5.74, 6) is -1.37. The lowest BCUT2D eigenvalue weighted by atomic mass is 9.98. The normalized spacial score (nSPS) is 14.1. The fourth-order valence-corrected chi connectivity index (χ4v) is 3.94. The Labute approximate surface area is 186 Å². The van der Waals surface area contributed by atoms with Crippen molar-refractivity contribution in [2.24, 2.45) is 0 Å². The van der Waals surface area contributed by atoms with E-state index < -0.39 is 24.2 Å². The monoisotopic (exact) mass is 440 g/mol. The standard InChI is InChI=1S/C24H28N2O6/c1-15(11-23(28)29)26-22(27)12-16(31-2)13-25-24(30)32-14-21-19-9-5-3-7-17(19)18-8-4-6-10-20(18)21/h3-10,15-16,21H,11-14H2,1-2H3,(H,25,30)(H,26,27)(H,28,29). The number of carboxylic acid groups (broad SMARTS) is 1. The van der Waals surface area contributed by atoms with Crippen LogP contribution in [-0.4, -0.2) is 55.5 Å². The number of alkyl carbamates (subject to hydrolysis) is 1. The summed E-state index contributed by atoms with van der Waals surface area (Å²) >= 11 is 0. The second-order valence-electron chi connectivity index (χ2n) is 7.83. The lowest BCUT2D eigenvalue weighted by Crippen LogP contribution is -2.40. The van der Waals surface area contributed by atoms with Crippen molar-refractivity contribution >= 4 is 18.0 Å². The van der Waals surface area contributed by atoms with Gasteiger partial charge in [0.05, 0.1) is 18.9 Å². The van der Waals surface area contributed by atoms with Crippen LogP contribution in [0.2, 0.25) is 0 Å². The molecule has 0 bridgehead atoms. The van der Waals surface area contributed by atoms with Crippen molar-refractivity contribution in [1.29, 1.82) is 0 Å². The first-order valence-electron chi connectivity index (χ1n) is 10.5. The fraction of sp³-hybridized carbons (Fsp3) is 0.375. The van der Waals surface area contributed by atoms with Gasteiger partial charge in [0.2, 0.25) is 5.91 Å². The molecular formula is C24H28N2O6. The third-order valence-corrected chi connectivity index (χ3v) is 5.45. The highest BCUT2D eigenvalue weighted by Gasteiger charge is 2.29. The summed E-state index contributed by atoms with van der Waals surface area (Å²) in [6.07, 6.45) is -1.33. The van der Waals surface area contributed by atoms with Gasteiger partial charge in [-0.3, -0.25) is 9.59 Å². The highest BCUT2D eigenvalue weighted by atomic mass is 16.5. The van der Waals surface area contributed by atoms with Crippen LogP contribution < -0.4 is 10.6 Å². The average Bonchev–Trinajstić information content (AvgIpc) is 3.08. The minimum absolute atomic E-state index is 0.00981. The van der Waals surface area contributed by atoms with Crippen LogP contribution in [0, 0.1) is 0 Å². The number of benzene rings is 2. The van der Waals surface area contributed by atoms with Crippen LogP contribution in [0.15, 0.2) is 48.5 Å². The second-order valence-corrected chi connectivity index (χ2v) is 7.83. The summed E-state index contributed by atoms with van der Waals surface area (Å²) in [5.41, 5.74) is 4.56. The number of nitrogens with one attached hydrogen (secondary N) is 2. The van der Waals surface area contributed by atoms with Gasteiger partial charge in [0, 0.05) is 25.6 Å². The molecule has 170 valence electrons. The van der Waals surface area contributed by atoms with Crippen molar-refractivity contribution in [2.75, 3.05) is 20.3 Å². The van der Waals surface area contributed by atoms with Gasteiger partial charge in [-0.1, -0.05) is 48.5 Å². The van der Waals surface area contributed by atoms with Crippen LogP contribution in [0.1, 0.15) is 36.8 Å². The van der Waals surface area contributed by atoms with Gasteiger partial charge in [-0.05, 0) is 29.2 Å². The predicted molar refractivity (Wildman–Crippen MR) is 118 cm³/mol. The summed E-state index contributed by atoms with van der Waals surface area (Å²) in [6.45, 7) is 1.90. The van der Waals surface area contributed by atoms with Crippen LogP contribution in [-0.2, 0) is 19.1 Å². The number of carbonyl (C=O) groups excluding carboxylic acids is 2. The minimum atomic E-state index is -0.988. The molecule has 0 aromatic heterocycles. The zero-order chi connectivity index (χ0) is 23.1. The van der Waals surface area contributed by atoms with Gasteiger partial charge in [-0.25, -0.2) is 4.79 Å². The number of hydrogen-bond donors (Lipinski definition) is 3. The minimum Gasteiger partial charge on any atom is -0.481 e. The van der Waals surface area contributed by atoms with Crippen LogP contribution in [0.25, 0.3) is 11.1 Å². The number of carbonyl (C=O) groups is 3. The van der Waals surface area contributed by atoms with Gasteiger partial charge < -0.3 is 25.2 Å². The highest BCUT2D eigenvalue weighted by Crippen LogP contribution is 2.44. The molecule has 3 rings (SSSR count). The molecule has 0 spiro atoms. The molecule has 2 unspecified atom stereocenters. The van der Waals surface area contributed by atoms with Gasteiger partial charge in [0.15, 0.2) is 0 Å². The van der Waals surface area contributed by atoms with Crippen LogP contribution in [0.4, 0.5) is 4.79 Å². The molecule has 1 aliphatic carbocycles. The third-order valence-electron chi connectivity index (χ3n) is 5.45. The van der Waals surface area contributed by atoms with E-state index in [1.807, 2.05) is 36.4 Å². The molecule has 2 atom stereocenters. The second kappa shape index (κ2) is 10.8. The predicted octanol–water partition coefficient (Wildman–Crippen LogP) is 2.91. The molecule has 2 aromatic rings. The van der Waals surface area contributed by atoms with Gasteiger partial charge in [-0.2, -0.15) is 0 Å². The first-order chi connectivity index (χ1) is 15.4. The van der Waals surface area contributed by atoms with E-state index >= 15 is 0 Å². The van der Waals surface area contributed by atoms with Crippen LogP contribution in [0.3, 0.4) is 0 Å². The van der Waals surface area contributed by atoms with Crippen molar-refractivity contribution in [3.63, 3.8) is 0 Å². The average molecular weight is 440 g/mol. The van der Waals surface area contributed by atoms with E-state index in [0.29, 0.717) is 0 Å². The Hall–Kier alpha value is -3.39. The zero-order valence-electron chi connectivity index (χ0n) is 18.2. The number of methoxy groups -OCH3 is 1. The lowest BCUT2D eigenvalue weighted by molar-refractivity contribution is -0.137. The van der Waals surface area contributed by atoms with Gasteiger partial charge in [-0.15, -0.1) is 0 Å². The number of aliphatic carboxylic acids is 1. The van der Waals surface area contributed by atoms with E-state index in [0.717, 1.165) is 22.3 Å². The van der Waals surface area contributed by atoms with E-state index in [-0.39, 0.29) is 37.8 Å². The number of rotatable bonds is 10. The summed E-state index contributed by atoms with van der Waals surface area (Å²) in [5, 5.41) is 14.0. The number of carboxylic acids is 1. The SMILES string of the molecule is COC(CNC(=O)OCC1c2ccccc2-c2ccccc21)CC(=O)NC(C)CC(=O)O. The molecule has 0 fully saturated rings. The Balaban J connectivity index is 1.49. The molecule has 8 nitrogen and oxygen atoms in total. The maximum absolute atomic E-state index is 12.3. The van der Waals surface area contributed by atoms with E-state index in [4.69, 9.17) is 14.6 Å². The number of hydrogen-bond acceptors (Lipinski definition) is 5. The molecular weight excluding hydrogens is 412 g/mol. The van der Waals surface area contributed by atoms with Crippen molar-refractivity contribution in [2.45, 2.75) is 37.8 Å². The Morgan fingerprint density at radius 2 is 1.59 bits per heavy atom.